The van der Waals surface area contributed by atoms with Crippen LogP contribution in [-0.2, 0) is 10.1 Å². The van der Waals surface area contributed by atoms with Gasteiger partial charge in [0, 0.05) is 5.25 Å². The second kappa shape index (κ2) is 21.7. The van der Waals surface area contributed by atoms with Gasteiger partial charge in [-0.3, -0.25) is 0 Å². The van der Waals surface area contributed by atoms with E-state index in [9.17, 15) is 18.1 Å². The Morgan fingerprint density at radius 1 is 0.643 bits per heavy atom. The Morgan fingerprint density at radius 3 is 1.36 bits per heavy atom. The molecule has 28 heavy (non-hydrogen) atoms. The van der Waals surface area contributed by atoms with E-state index >= 15 is 0 Å². The van der Waals surface area contributed by atoms with Crippen LogP contribution in [0.3, 0.4) is 0 Å². The van der Waals surface area contributed by atoms with E-state index < -0.39 is 15.4 Å². The van der Waals surface area contributed by atoms with Crippen molar-refractivity contribution in [2.45, 2.75) is 141 Å². The minimum atomic E-state index is -4.18. The van der Waals surface area contributed by atoms with Crippen LogP contribution in [0.15, 0.2) is 0 Å². The second-order valence-corrected chi connectivity index (χ2v) is 9.82. The van der Waals surface area contributed by atoms with E-state index in [0.29, 0.717) is 12.8 Å². The van der Waals surface area contributed by atoms with E-state index in [0.717, 1.165) is 57.8 Å². The van der Waals surface area contributed by atoms with Crippen molar-refractivity contribution in [3.63, 3.8) is 0 Å². The zero-order valence-corrected chi connectivity index (χ0v) is 22.9. The Bertz CT molecular complexity index is 415. The Hall–Kier alpha value is 1.51. The van der Waals surface area contributed by atoms with E-state index in [1.165, 1.54) is 44.9 Å². The minimum absolute atomic E-state index is 0. The SMILES string of the molecule is CCCCCCCCC(CCCCCC(O)CCCCCCC)S(=O)(=O)[O-].[K+]. The standard InChI is InChI=1S/C22H46O4S.K/c1-3-5-7-9-11-15-19-22(27(24,25)26)20-16-12-14-18-21(23)17-13-10-8-6-4-2;/h21-23H,3-20H2,1-2H3,(H,24,25,26);/q;+1/p-1. The largest absolute Gasteiger partial charge is 1.00 e. The smallest absolute Gasteiger partial charge is 0.748 e. The molecule has 0 aromatic carbocycles. The first-order valence-corrected chi connectivity index (χ1v) is 13.0. The number of hydrogen-bond donors (Lipinski definition) is 1. The maximum absolute atomic E-state index is 11.5. The number of aliphatic hydroxyl groups excluding tert-OH is 1. The molecule has 2 unspecified atom stereocenters. The zero-order valence-electron chi connectivity index (χ0n) is 19.0. The van der Waals surface area contributed by atoms with Crippen LogP contribution < -0.4 is 51.4 Å². The van der Waals surface area contributed by atoms with Gasteiger partial charge in [0.15, 0.2) is 0 Å². The van der Waals surface area contributed by atoms with Gasteiger partial charge >= 0.3 is 51.4 Å². The summed E-state index contributed by atoms with van der Waals surface area (Å²) in [5.41, 5.74) is 0. The third kappa shape index (κ3) is 20.8. The van der Waals surface area contributed by atoms with Gasteiger partial charge in [-0.05, 0) is 25.7 Å². The Labute approximate surface area is 218 Å². The van der Waals surface area contributed by atoms with E-state index in [2.05, 4.69) is 13.8 Å². The van der Waals surface area contributed by atoms with Gasteiger partial charge in [0.25, 0.3) is 0 Å². The van der Waals surface area contributed by atoms with Crippen molar-refractivity contribution in [1.29, 1.82) is 0 Å². The molecule has 0 saturated carbocycles. The molecule has 0 saturated heterocycles. The van der Waals surface area contributed by atoms with Gasteiger partial charge in [0.1, 0.15) is 0 Å². The fourth-order valence-electron chi connectivity index (χ4n) is 3.64. The summed E-state index contributed by atoms with van der Waals surface area (Å²) >= 11 is 0. The van der Waals surface area contributed by atoms with Crippen molar-refractivity contribution >= 4 is 10.1 Å². The summed E-state index contributed by atoms with van der Waals surface area (Å²) in [6.45, 7) is 4.37. The third-order valence-corrected chi connectivity index (χ3v) is 6.78. The summed E-state index contributed by atoms with van der Waals surface area (Å²) in [7, 11) is -4.18. The van der Waals surface area contributed by atoms with E-state index in [1.54, 1.807) is 0 Å². The minimum Gasteiger partial charge on any atom is -0.748 e. The molecule has 1 N–H and O–H groups in total. The van der Waals surface area contributed by atoms with Gasteiger partial charge in [0.05, 0.1) is 16.2 Å². The maximum atomic E-state index is 11.5. The van der Waals surface area contributed by atoms with Crippen LogP contribution in [0.4, 0.5) is 0 Å². The van der Waals surface area contributed by atoms with Crippen LogP contribution in [0.2, 0.25) is 0 Å². The molecule has 0 fully saturated rings. The van der Waals surface area contributed by atoms with Crippen molar-refractivity contribution in [3.05, 3.63) is 0 Å². The molecule has 164 valence electrons. The molecule has 0 rings (SSSR count). The molecule has 0 bridgehead atoms. The average molecular weight is 445 g/mol. The fraction of sp³-hybridized carbons (Fsp3) is 1.00. The average Bonchev–Trinajstić information content (AvgIpc) is 2.61. The molecule has 6 heteroatoms. The number of rotatable bonds is 20. The third-order valence-electron chi connectivity index (χ3n) is 5.49. The number of unbranched alkanes of at least 4 members (excludes halogenated alkanes) is 11. The fourth-order valence-corrected chi connectivity index (χ4v) is 4.55. The molecule has 0 radical (unpaired) electrons. The quantitative estimate of drug-likeness (QED) is 0.177. The van der Waals surface area contributed by atoms with Crippen LogP contribution >= 0.6 is 0 Å². The van der Waals surface area contributed by atoms with Crippen molar-refractivity contribution < 1.29 is 69.5 Å². The van der Waals surface area contributed by atoms with Gasteiger partial charge in [-0.2, -0.15) is 0 Å². The summed E-state index contributed by atoms with van der Waals surface area (Å²) in [4.78, 5) is 0. The number of hydrogen-bond acceptors (Lipinski definition) is 4. The molecule has 4 nitrogen and oxygen atoms in total. The second-order valence-electron chi connectivity index (χ2n) is 8.17. The van der Waals surface area contributed by atoms with Crippen LogP contribution in [0.25, 0.3) is 0 Å². The molecule has 0 spiro atoms. The summed E-state index contributed by atoms with van der Waals surface area (Å²) in [5.74, 6) is 0. The molecule has 0 aromatic rings. The van der Waals surface area contributed by atoms with Crippen LogP contribution in [0.1, 0.15) is 129 Å². The van der Waals surface area contributed by atoms with E-state index in [1.807, 2.05) is 0 Å². The predicted molar refractivity (Wildman–Crippen MR) is 114 cm³/mol. The van der Waals surface area contributed by atoms with E-state index in [-0.39, 0.29) is 57.5 Å². The summed E-state index contributed by atoms with van der Waals surface area (Å²) < 4.78 is 34.4. The molecule has 0 aliphatic carbocycles. The Kier molecular flexibility index (Phi) is 24.6. The van der Waals surface area contributed by atoms with Crippen LogP contribution in [0.5, 0.6) is 0 Å². The molecule has 0 amide bonds. The maximum Gasteiger partial charge on any atom is 1.00 e. The first kappa shape index (κ1) is 31.7. The topological polar surface area (TPSA) is 77.4 Å². The van der Waals surface area contributed by atoms with Crippen molar-refractivity contribution in [2.24, 2.45) is 0 Å². The van der Waals surface area contributed by atoms with Crippen molar-refractivity contribution in [1.82, 2.24) is 0 Å². The van der Waals surface area contributed by atoms with Gasteiger partial charge in [0.2, 0.25) is 0 Å². The molecule has 0 aromatic heterocycles. The Morgan fingerprint density at radius 2 is 0.964 bits per heavy atom. The molecular formula is C22H45KO4S. The molecule has 2 atom stereocenters. The normalized spacial score (nSPS) is 13.9. The first-order chi connectivity index (χ1) is 12.9. The zero-order chi connectivity index (χ0) is 20.4. The monoisotopic (exact) mass is 444 g/mol. The molecule has 0 heterocycles. The van der Waals surface area contributed by atoms with Crippen molar-refractivity contribution in [3.8, 4) is 0 Å². The van der Waals surface area contributed by atoms with Gasteiger partial charge in [-0.25, -0.2) is 8.42 Å². The predicted octanol–water partition coefficient (Wildman–Crippen LogP) is 3.33. The molecular weight excluding hydrogens is 399 g/mol. The van der Waals surface area contributed by atoms with Crippen LogP contribution in [-0.4, -0.2) is 29.4 Å². The summed E-state index contributed by atoms with van der Waals surface area (Å²) in [6, 6.07) is 0. The van der Waals surface area contributed by atoms with E-state index in [4.69, 9.17) is 0 Å². The molecule has 0 aliphatic heterocycles. The summed E-state index contributed by atoms with van der Waals surface area (Å²) in [5, 5.41) is 9.29. The molecule has 0 aliphatic rings. The van der Waals surface area contributed by atoms with Gasteiger partial charge in [-0.1, -0.05) is 104 Å². The Balaban J connectivity index is 0. The van der Waals surface area contributed by atoms with Crippen LogP contribution in [0, 0.1) is 0 Å². The van der Waals surface area contributed by atoms with Crippen molar-refractivity contribution in [2.75, 3.05) is 0 Å². The van der Waals surface area contributed by atoms with Gasteiger partial charge < -0.3 is 9.66 Å². The summed E-state index contributed by atoms with van der Waals surface area (Å²) in [6.07, 6.45) is 17.7. The number of aliphatic hydroxyl groups is 1. The first-order valence-electron chi connectivity index (χ1n) is 11.5. The van der Waals surface area contributed by atoms with Gasteiger partial charge in [-0.15, -0.1) is 0 Å².